The van der Waals surface area contributed by atoms with Gasteiger partial charge in [-0.1, -0.05) is 76.2 Å². The first-order valence-corrected chi connectivity index (χ1v) is 10.8. The zero-order valence-corrected chi connectivity index (χ0v) is 18.5. The number of nitrogens with zero attached hydrogens (tertiary/aromatic N) is 3. The molecule has 0 radical (unpaired) electrons. The summed E-state index contributed by atoms with van der Waals surface area (Å²) in [7, 11) is 0. The van der Waals surface area contributed by atoms with Crippen molar-refractivity contribution in [3.05, 3.63) is 81.9 Å². The predicted octanol–water partition coefficient (Wildman–Crippen LogP) is 4.46. The summed E-state index contributed by atoms with van der Waals surface area (Å²) in [5.74, 6) is 0.993. The van der Waals surface area contributed by atoms with Crippen molar-refractivity contribution in [3.63, 3.8) is 0 Å². The highest BCUT2D eigenvalue weighted by Gasteiger charge is 2.14. The normalized spacial score (nSPS) is 11.7. The molecule has 0 fully saturated rings. The minimum Gasteiger partial charge on any atom is -0.310 e. The molecule has 0 aliphatic heterocycles. The third-order valence-electron chi connectivity index (χ3n) is 5.41. The second-order valence-corrected chi connectivity index (χ2v) is 8.54. The molecule has 160 valence electrons. The van der Waals surface area contributed by atoms with E-state index in [0.717, 1.165) is 17.7 Å². The Labute approximate surface area is 182 Å². The molecule has 6 nitrogen and oxygen atoms in total. The van der Waals surface area contributed by atoms with E-state index in [1.165, 1.54) is 11.1 Å². The van der Waals surface area contributed by atoms with Gasteiger partial charge in [0.2, 0.25) is 0 Å². The van der Waals surface area contributed by atoms with E-state index < -0.39 is 0 Å². The van der Waals surface area contributed by atoms with Gasteiger partial charge in [0.25, 0.3) is 0 Å². The Hall–Kier alpha value is -3.25. The van der Waals surface area contributed by atoms with Crippen molar-refractivity contribution in [1.82, 2.24) is 24.8 Å². The largest absolute Gasteiger partial charge is 0.328 e. The number of H-pyrrole nitrogens is 1. The van der Waals surface area contributed by atoms with Gasteiger partial charge in [-0.05, 0) is 22.6 Å². The fourth-order valence-electron chi connectivity index (χ4n) is 3.69. The summed E-state index contributed by atoms with van der Waals surface area (Å²) in [5, 5.41) is 3.42. The Morgan fingerprint density at radius 1 is 1.00 bits per heavy atom. The van der Waals surface area contributed by atoms with E-state index >= 15 is 0 Å². The van der Waals surface area contributed by atoms with Crippen molar-refractivity contribution >= 4 is 11.2 Å². The molecule has 0 unspecified atom stereocenters. The zero-order valence-electron chi connectivity index (χ0n) is 18.5. The topological polar surface area (TPSA) is 75.6 Å². The van der Waals surface area contributed by atoms with Crippen molar-refractivity contribution in [2.24, 2.45) is 0 Å². The van der Waals surface area contributed by atoms with Crippen LogP contribution in [0.3, 0.4) is 0 Å². The van der Waals surface area contributed by atoms with Crippen LogP contribution in [0.4, 0.5) is 0 Å². The monoisotopic (exact) mass is 415 g/mol. The third-order valence-corrected chi connectivity index (χ3v) is 5.41. The van der Waals surface area contributed by atoms with Gasteiger partial charge < -0.3 is 10.3 Å². The number of fused-ring (bicyclic) bond motifs is 1. The van der Waals surface area contributed by atoms with E-state index in [1.807, 2.05) is 18.2 Å². The maximum absolute atomic E-state index is 12.6. The van der Waals surface area contributed by atoms with E-state index in [9.17, 15) is 4.79 Å². The fourth-order valence-corrected chi connectivity index (χ4v) is 3.69. The molecule has 4 rings (SSSR count). The number of hydrogen-bond donors (Lipinski definition) is 2. The number of nitrogens with one attached hydrogen (secondary N) is 2. The van der Waals surface area contributed by atoms with Crippen LogP contribution in [0.1, 0.15) is 50.3 Å². The average Bonchev–Trinajstić information content (AvgIpc) is 3.07. The molecule has 0 saturated heterocycles. The highest BCUT2D eigenvalue weighted by molar-refractivity contribution is 5.73. The Kier molecular flexibility index (Phi) is 6.00. The SMILES string of the molecule is CC(C)NCc1ccc(Cn2c(=O)[nH]c3cnc(-c4ccccc4C(C)C)nc32)cc1. The molecule has 0 spiro atoms. The molecule has 0 aliphatic carbocycles. The van der Waals surface area contributed by atoms with Crippen LogP contribution in [-0.2, 0) is 13.1 Å². The van der Waals surface area contributed by atoms with E-state index in [4.69, 9.17) is 4.98 Å². The first-order chi connectivity index (χ1) is 14.9. The maximum Gasteiger partial charge on any atom is 0.328 e. The van der Waals surface area contributed by atoms with Crippen molar-refractivity contribution in [2.75, 3.05) is 0 Å². The van der Waals surface area contributed by atoms with E-state index in [2.05, 4.69) is 73.3 Å². The number of aromatic nitrogens is 4. The summed E-state index contributed by atoms with van der Waals surface area (Å²) >= 11 is 0. The smallest absolute Gasteiger partial charge is 0.310 e. The van der Waals surface area contributed by atoms with Gasteiger partial charge >= 0.3 is 5.69 Å². The van der Waals surface area contributed by atoms with Gasteiger partial charge in [-0.3, -0.25) is 4.57 Å². The number of benzene rings is 2. The molecule has 0 aliphatic rings. The molecule has 2 N–H and O–H groups in total. The summed E-state index contributed by atoms with van der Waals surface area (Å²) in [6.07, 6.45) is 1.70. The molecule has 0 bridgehead atoms. The molecular formula is C25H29N5O. The predicted molar refractivity (Wildman–Crippen MR) is 125 cm³/mol. The van der Waals surface area contributed by atoms with Gasteiger partial charge in [-0.15, -0.1) is 0 Å². The van der Waals surface area contributed by atoms with Crippen LogP contribution in [0.25, 0.3) is 22.6 Å². The van der Waals surface area contributed by atoms with Crippen LogP contribution in [0, 0.1) is 0 Å². The summed E-state index contributed by atoms with van der Waals surface area (Å²) in [6, 6.07) is 17.0. The van der Waals surface area contributed by atoms with Crippen LogP contribution >= 0.6 is 0 Å². The third kappa shape index (κ3) is 4.59. The van der Waals surface area contributed by atoms with Crippen LogP contribution in [0.15, 0.2) is 59.5 Å². The summed E-state index contributed by atoms with van der Waals surface area (Å²) in [6.45, 7) is 9.87. The highest BCUT2D eigenvalue weighted by atomic mass is 16.1. The summed E-state index contributed by atoms with van der Waals surface area (Å²) < 4.78 is 1.68. The molecule has 0 saturated carbocycles. The standard InChI is InChI=1S/C25H29N5O/c1-16(2)20-7-5-6-8-21(20)23-27-14-22-24(29-23)30(25(31)28-22)15-19-11-9-18(10-12-19)13-26-17(3)4/h5-12,14,16-17,26H,13,15H2,1-4H3,(H,28,31). The molecule has 2 heterocycles. The van der Waals surface area contributed by atoms with Crippen LogP contribution < -0.4 is 11.0 Å². The van der Waals surface area contributed by atoms with Crippen molar-refractivity contribution in [2.45, 2.75) is 52.7 Å². The maximum atomic E-state index is 12.6. The second-order valence-electron chi connectivity index (χ2n) is 8.54. The minimum absolute atomic E-state index is 0.177. The minimum atomic E-state index is -0.177. The van der Waals surface area contributed by atoms with Crippen molar-refractivity contribution in [3.8, 4) is 11.4 Å². The lowest BCUT2D eigenvalue weighted by Crippen LogP contribution is -2.21. The molecule has 0 amide bonds. The van der Waals surface area contributed by atoms with E-state index in [-0.39, 0.29) is 5.69 Å². The summed E-state index contributed by atoms with van der Waals surface area (Å²) in [4.78, 5) is 24.8. The molecule has 31 heavy (non-hydrogen) atoms. The van der Waals surface area contributed by atoms with Crippen molar-refractivity contribution in [1.29, 1.82) is 0 Å². The summed E-state index contributed by atoms with van der Waals surface area (Å²) in [5.41, 5.74) is 5.56. The lowest BCUT2D eigenvalue weighted by molar-refractivity contribution is 0.588. The van der Waals surface area contributed by atoms with E-state index in [0.29, 0.717) is 35.5 Å². The Bertz CT molecular complexity index is 1230. The van der Waals surface area contributed by atoms with Gasteiger partial charge in [0.05, 0.1) is 12.7 Å². The van der Waals surface area contributed by atoms with Crippen molar-refractivity contribution < 1.29 is 0 Å². The second kappa shape index (κ2) is 8.86. The Morgan fingerprint density at radius 2 is 1.71 bits per heavy atom. The molecule has 4 aromatic rings. The van der Waals surface area contributed by atoms with Gasteiger partial charge in [-0.25, -0.2) is 14.8 Å². The molecule has 0 atom stereocenters. The lowest BCUT2D eigenvalue weighted by atomic mass is 9.97. The Balaban J connectivity index is 1.67. The zero-order chi connectivity index (χ0) is 22.0. The molecule has 2 aromatic heterocycles. The number of imidazole rings is 1. The van der Waals surface area contributed by atoms with Gasteiger partial charge in [0.15, 0.2) is 11.5 Å². The number of hydrogen-bond acceptors (Lipinski definition) is 4. The molecule has 6 heteroatoms. The van der Waals surface area contributed by atoms with Crippen LogP contribution in [-0.4, -0.2) is 25.6 Å². The first kappa shape index (κ1) is 21.0. The number of aromatic amines is 1. The molecule has 2 aromatic carbocycles. The Morgan fingerprint density at radius 3 is 2.42 bits per heavy atom. The molecular weight excluding hydrogens is 386 g/mol. The van der Waals surface area contributed by atoms with Gasteiger partial charge in [0.1, 0.15) is 5.52 Å². The van der Waals surface area contributed by atoms with Crippen LogP contribution in [0.2, 0.25) is 0 Å². The van der Waals surface area contributed by atoms with Gasteiger partial charge in [-0.2, -0.15) is 0 Å². The number of rotatable bonds is 7. The van der Waals surface area contributed by atoms with E-state index in [1.54, 1.807) is 10.8 Å². The fraction of sp³-hybridized carbons (Fsp3) is 0.320. The van der Waals surface area contributed by atoms with Gasteiger partial charge in [0, 0.05) is 18.2 Å². The average molecular weight is 416 g/mol. The lowest BCUT2D eigenvalue weighted by Gasteiger charge is -2.12. The highest BCUT2D eigenvalue weighted by Crippen LogP contribution is 2.27. The quantitative estimate of drug-likeness (QED) is 0.467. The van der Waals surface area contributed by atoms with Crippen LogP contribution in [0.5, 0.6) is 0 Å². The first-order valence-electron chi connectivity index (χ1n) is 10.8.